The number of carbonyl (C=O) groups is 1. The number of alkyl halides is 1. The molecule has 82 valence electrons. The average Bonchev–Trinajstić information content (AvgIpc) is 2.28. The minimum atomic E-state index is 0.239. The van der Waals surface area contributed by atoms with Crippen LogP contribution in [0.1, 0.15) is 18.1 Å². The van der Waals surface area contributed by atoms with E-state index in [-0.39, 0.29) is 5.78 Å². The van der Waals surface area contributed by atoms with E-state index in [2.05, 4.69) is 47.3 Å². The van der Waals surface area contributed by atoms with Crippen LogP contribution >= 0.6 is 27.7 Å². The lowest BCUT2D eigenvalue weighted by Crippen LogP contribution is -2.06. The second-order valence-corrected chi connectivity index (χ2v) is 4.78. The van der Waals surface area contributed by atoms with Crippen molar-refractivity contribution in [3.63, 3.8) is 0 Å². The minimum Gasteiger partial charge on any atom is -0.298 e. The highest BCUT2D eigenvalue weighted by Gasteiger charge is 2.07. The Morgan fingerprint density at radius 3 is 2.67 bits per heavy atom. The molecule has 1 rings (SSSR count). The SMILES string of the molecule is CCc1ccc(SC)cc1CC(=O)CBr. The third-order valence-corrected chi connectivity index (χ3v) is 3.68. The first kappa shape index (κ1) is 12.8. The molecule has 1 aromatic rings. The molecule has 0 unspecified atom stereocenters. The van der Waals surface area contributed by atoms with E-state index in [1.807, 2.05) is 0 Å². The number of hydrogen-bond donors (Lipinski definition) is 0. The van der Waals surface area contributed by atoms with E-state index in [1.165, 1.54) is 16.0 Å². The summed E-state index contributed by atoms with van der Waals surface area (Å²) in [5.41, 5.74) is 2.45. The van der Waals surface area contributed by atoms with Crippen LogP contribution in [0.3, 0.4) is 0 Å². The molecule has 0 amide bonds. The van der Waals surface area contributed by atoms with Gasteiger partial charge in [0.25, 0.3) is 0 Å². The summed E-state index contributed by atoms with van der Waals surface area (Å²) in [6.45, 7) is 2.12. The molecule has 1 nitrogen and oxygen atoms in total. The maximum atomic E-state index is 11.4. The monoisotopic (exact) mass is 286 g/mol. The Morgan fingerprint density at radius 1 is 1.40 bits per heavy atom. The van der Waals surface area contributed by atoms with Crippen molar-refractivity contribution < 1.29 is 4.79 Å². The normalized spacial score (nSPS) is 10.3. The smallest absolute Gasteiger partial charge is 0.147 e. The van der Waals surface area contributed by atoms with Crippen molar-refractivity contribution in [3.05, 3.63) is 29.3 Å². The number of carbonyl (C=O) groups excluding carboxylic acids is 1. The van der Waals surface area contributed by atoms with Crippen LogP contribution in [0.2, 0.25) is 0 Å². The standard InChI is InChI=1S/C12H15BrOS/c1-3-9-4-5-12(15-2)7-10(9)6-11(14)8-13/h4-5,7H,3,6,8H2,1-2H3. The third-order valence-electron chi connectivity index (χ3n) is 2.33. The van der Waals surface area contributed by atoms with Gasteiger partial charge in [0, 0.05) is 11.3 Å². The predicted molar refractivity (Wildman–Crippen MR) is 70.1 cm³/mol. The molecule has 1 aromatic carbocycles. The molecule has 0 N–H and O–H groups in total. The molecule has 0 aliphatic heterocycles. The van der Waals surface area contributed by atoms with Crippen LogP contribution in [0.5, 0.6) is 0 Å². The highest BCUT2D eigenvalue weighted by molar-refractivity contribution is 9.09. The second-order valence-electron chi connectivity index (χ2n) is 3.34. The predicted octanol–water partition coefficient (Wildman–Crippen LogP) is 3.48. The summed E-state index contributed by atoms with van der Waals surface area (Å²) in [5, 5.41) is 0.444. The van der Waals surface area contributed by atoms with Crippen LogP contribution in [0.15, 0.2) is 23.1 Å². The number of Topliss-reactive ketones (excluding diaryl/α,β-unsaturated/α-hetero) is 1. The lowest BCUT2D eigenvalue weighted by atomic mass is 10.0. The number of rotatable bonds is 5. The summed E-state index contributed by atoms with van der Waals surface area (Å²) < 4.78 is 0. The zero-order chi connectivity index (χ0) is 11.3. The molecule has 0 saturated heterocycles. The summed E-state index contributed by atoms with van der Waals surface area (Å²) in [7, 11) is 0. The first-order valence-corrected chi connectivity index (χ1v) is 7.29. The summed E-state index contributed by atoms with van der Waals surface area (Å²) in [6, 6.07) is 6.37. The second kappa shape index (κ2) is 6.33. The maximum Gasteiger partial charge on any atom is 0.147 e. The van der Waals surface area contributed by atoms with Crippen LogP contribution in [0.25, 0.3) is 0 Å². The number of hydrogen-bond acceptors (Lipinski definition) is 2. The zero-order valence-corrected chi connectivity index (χ0v) is 11.5. The van der Waals surface area contributed by atoms with Crippen LogP contribution < -0.4 is 0 Å². The Bertz CT molecular complexity index is 349. The van der Waals surface area contributed by atoms with Gasteiger partial charge in [-0.2, -0.15) is 0 Å². The van der Waals surface area contributed by atoms with Crippen molar-refractivity contribution in [3.8, 4) is 0 Å². The molecule has 0 atom stereocenters. The lowest BCUT2D eigenvalue weighted by Gasteiger charge is -2.08. The fraction of sp³-hybridized carbons (Fsp3) is 0.417. The van der Waals surface area contributed by atoms with Gasteiger partial charge in [-0.1, -0.05) is 28.9 Å². The number of ketones is 1. The molecule has 0 radical (unpaired) electrons. The van der Waals surface area contributed by atoms with Crippen LogP contribution in [-0.4, -0.2) is 17.4 Å². The molecule has 15 heavy (non-hydrogen) atoms. The van der Waals surface area contributed by atoms with Crippen molar-refractivity contribution in [1.29, 1.82) is 0 Å². The van der Waals surface area contributed by atoms with Crippen molar-refractivity contribution in [1.82, 2.24) is 0 Å². The molecule has 0 aliphatic carbocycles. The van der Waals surface area contributed by atoms with Gasteiger partial charge in [0.05, 0.1) is 5.33 Å². The van der Waals surface area contributed by atoms with Gasteiger partial charge in [-0.3, -0.25) is 4.79 Å². The van der Waals surface area contributed by atoms with E-state index < -0.39 is 0 Å². The number of benzene rings is 1. The van der Waals surface area contributed by atoms with Crippen LogP contribution in [-0.2, 0) is 17.6 Å². The average molecular weight is 287 g/mol. The largest absolute Gasteiger partial charge is 0.298 e. The lowest BCUT2D eigenvalue weighted by molar-refractivity contribution is -0.115. The number of halogens is 1. The van der Waals surface area contributed by atoms with E-state index in [4.69, 9.17) is 0 Å². The van der Waals surface area contributed by atoms with Crippen molar-refractivity contribution in [2.75, 3.05) is 11.6 Å². The summed E-state index contributed by atoms with van der Waals surface area (Å²) in [6.07, 6.45) is 3.58. The maximum absolute atomic E-state index is 11.4. The third kappa shape index (κ3) is 3.65. The van der Waals surface area contributed by atoms with Gasteiger partial charge < -0.3 is 0 Å². The Balaban J connectivity index is 2.95. The fourth-order valence-electron chi connectivity index (χ4n) is 1.50. The molecular weight excluding hydrogens is 272 g/mol. The quantitative estimate of drug-likeness (QED) is 0.609. The van der Waals surface area contributed by atoms with E-state index in [9.17, 15) is 4.79 Å². The Hall–Kier alpha value is -0.280. The Kier molecular flexibility index (Phi) is 5.40. The molecule has 0 fully saturated rings. The van der Waals surface area contributed by atoms with Gasteiger partial charge in [0.2, 0.25) is 0 Å². The molecule has 0 bridgehead atoms. The van der Waals surface area contributed by atoms with E-state index in [1.54, 1.807) is 11.8 Å². The number of aryl methyl sites for hydroxylation is 1. The summed E-state index contributed by atoms with van der Waals surface area (Å²) in [5.74, 6) is 0.239. The molecule has 0 saturated carbocycles. The van der Waals surface area contributed by atoms with Gasteiger partial charge in [-0.05, 0) is 35.9 Å². The van der Waals surface area contributed by atoms with Crippen LogP contribution in [0.4, 0.5) is 0 Å². The molecule has 0 aromatic heterocycles. The Morgan fingerprint density at radius 2 is 2.13 bits per heavy atom. The van der Waals surface area contributed by atoms with Crippen LogP contribution in [0, 0.1) is 0 Å². The topological polar surface area (TPSA) is 17.1 Å². The summed E-state index contributed by atoms with van der Waals surface area (Å²) >= 11 is 4.91. The molecule has 3 heteroatoms. The van der Waals surface area contributed by atoms with Gasteiger partial charge in [0.15, 0.2) is 0 Å². The molecule has 0 aliphatic rings. The molecular formula is C12H15BrOS. The summed E-state index contributed by atoms with van der Waals surface area (Å²) in [4.78, 5) is 12.6. The first-order chi connectivity index (χ1) is 7.21. The van der Waals surface area contributed by atoms with Gasteiger partial charge in [-0.25, -0.2) is 0 Å². The Labute approximate surface area is 104 Å². The fourth-order valence-corrected chi connectivity index (χ4v) is 2.16. The number of thioether (sulfide) groups is 1. The van der Waals surface area contributed by atoms with Crippen molar-refractivity contribution in [2.24, 2.45) is 0 Å². The molecule has 0 spiro atoms. The highest BCUT2D eigenvalue weighted by Crippen LogP contribution is 2.20. The first-order valence-electron chi connectivity index (χ1n) is 4.94. The van der Waals surface area contributed by atoms with Crippen molar-refractivity contribution >= 4 is 33.5 Å². The van der Waals surface area contributed by atoms with Gasteiger partial charge in [-0.15, -0.1) is 11.8 Å². The van der Waals surface area contributed by atoms with E-state index >= 15 is 0 Å². The minimum absolute atomic E-state index is 0.239. The van der Waals surface area contributed by atoms with E-state index in [0.29, 0.717) is 11.8 Å². The van der Waals surface area contributed by atoms with E-state index in [0.717, 1.165) is 6.42 Å². The zero-order valence-electron chi connectivity index (χ0n) is 9.05. The van der Waals surface area contributed by atoms with Gasteiger partial charge in [0.1, 0.15) is 5.78 Å². The molecule has 0 heterocycles. The van der Waals surface area contributed by atoms with Crippen molar-refractivity contribution in [2.45, 2.75) is 24.7 Å². The van der Waals surface area contributed by atoms with Gasteiger partial charge >= 0.3 is 0 Å². The highest BCUT2D eigenvalue weighted by atomic mass is 79.9.